The third-order valence-corrected chi connectivity index (χ3v) is 7.32. The Bertz CT molecular complexity index is 1040. The van der Waals surface area contributed by atoms with Crippen molar-refractivity contribution in [2.24, 2.45) is 5.92 Å². The number of aryl methyl sites for hydroxylation is 1. The van der Waals surface area contributed by atoms with Gasteiger partial charge in [0, 0.05) is 50.7 Å². The molecule has 0 amide bonds. The Morgan fingerprint density at radius 3 is 1.92 bits per heavy atom. The first kappa shape index (κ1) is 26.1. The Morgan fingerprint density at radius 1 is 0.750 bits per heavy atom. The normalized spacial score (nSPS) is 18.8. The number of ether oxygens (including phenoxy) is 5. The number of Topliss-reactive ketones (excluding diaryl/α,β-unsaturated/α-hetero) is 1. The van der Waals surface area contributed by atoms with Crippen LogP contribution in [0.25, 0.3) is 0 Å². The summed E-state index contributed by atoms with van der Waals surface area (Å²) in [5.74, 6) is 3.49. The summed E-state index contributed by atoms with van der Waals surface area (Å²) < 4.78 is 27.4. The van der Waals surface area contributed by atoms with Crippen LogP contribution in [-0.4, -0.2) is 83.9 Å². The Morgan fingerprint density at radius 2 is 1.33 bits per heavy atom. The number of nitrogens with zero attached hydrogens (tertiary/aromatic N) is 2. The highest BCUT2D eigenvalue weighted by Crippen LogP contribution is 2.39. The number of carbonyl (C=O) groups is 1. The molecule has 4 rings (SSSR count). The number of methoxy groups -OCH3 is 5. The topological polar surface area (TPSA) is 69.7 Å². The lowest BCUT2D eigenvalue weighted by atomic mass is 9.94. The largest absolute Gasteiger partial charge is 0.493 e. The third-order valence-electron chi connectivity index (χ3n) is 7.32. The summed E-state index contributed by atoms with van der Waals surface area (Å²) in [5, 5.41) is 0. The number of benzene rings is 2. The summed E-state index contributed by atoms with van der Waals surface area (Å²) in [4.78, 5) is 18.3. The zero-order chi connectivity index (χ0) is 25.7. The Kier molecular flexibility index (Phi) is 8.59. The highest BCUT2D eigenvalue weighted by Gasteiger charge is 2.30. The van der Waals surface area contributed by atoms with Gasteiger partial charge in [-0.05, 0) is 54.7 Å². The van der Waals surface area contributed by atoms with Gasteiger partial charge in [0.2, 0.25) is 5.75 Å². The highest BCUT2D eigenvalue weighted by molar-refractivity contribution is 6.00. The molecular formula is C28H38N2O6. The van der Waals surface area contributed by atoms with E-state index < -0.39 is 0 Å². The first-order valence-corrected chi connectivity index (χ1v) is 12.5. The molecule has 0 aromatic heterocycles. The summed E-state index contributed by atoms with van der Waals surface area (Å²) in [6.07, 6.45) is 2.80. The molecule has 0 radical (unpaired) electrons. The van der Waals surface area contributed by atoms with Gasteiger partial charge in [0.25, 0.3) is 0 Å². The van der Waals surface area contributed by atoms with Gasteiger partial charge in [-0.25, -0.2) is 0 Å². The SMILES string of the molecule is COc1cc2c(cc1OC)C(=O)C(CN1CCN(Cc3cc(OC)c(OC)c(OC)c3)CC1)CCC2. The van der Waals surface area contributed by atoms with Gasteiger partial charge < -0.3 is 28.6 Å². The molecule has 1 heterocycles. The maximum absolute atomic E-state index is 13.5. The van der Waals surface area contributed by atoms with E-state index in [2.05, 4.69) is 9.80 Å². The summed E-state index contributed by atoms with van der Waals surface area (Å²) in [7, 11) is 8.14. The average molecular weight is 499 g/mol. The Balaban J connectivity index is 1.37. The van der Waals surface area contributed by atoms with E-state index in [9.17, 15) is 4.79 Å². The zero-order valence-electron chi connectivity index (χ0n) is 22.1. The number of hydrogen-bond acceptors (Lipinski definition) is 8. The molecule has 1 aliphatic carbocycles. The molecule has 2 aliphatic rings. The van der Waals surface area contributed by atoms with Crippen LogP contribution in [0.4, 0.5) is 0 Å². The fourth-order valence-electron chi connectivity index (χ4n) is 5.35. The maximum atomic E-state index is 13.5. The molecular weight excluding hydrogens is 460 g/mol. The van der Waals surface area contributed by atoms with Crippen LogP contribution in [0.15, 0.2) is 24.3 Å². The van der Waals surface area contributed by atoms with E-state index in [-0.39, 0.29) is 11.7 Å². The second-order valence-corrected chi connectivity index (χ2v) is 9.43. The van der Waals surface area contributed by atoms with Crippen LogP contribution < -0.4 is 23.7 Å². The van der Waals surface area contributed by atoms with E-state index in [1.54, 1.807) is 35.5 Å². The van der Waals surface area contributed by atoms with Gasteiger partial charge in [-0.15, -0.1) is 0 Å². The second kappa shape index (κ2) is 11.8. The van der Waals surface area contributed by atoms with Gasteiger partial charge in [-0.2, -0.15) is 0 Å². The Labute approximate surface area is 214 Å². The fourth-order valence-corrected chi connectivity index (χ4v) is 5.35. The van der Waals surface area contributed by atoms with Crippen molar-refractivity contribution in [1.29, 1.82) is 0 Å². The minimum Gasteiger partial charge on any atom is -0.493 e. The minimum absolute atomic E-state index is 0.00557. The van der Waals surface area contributed by atoms with Gasteiger partial charge in [0.1, 0.15) is 0 Å². The summed E-state index contributed by atoms with van der Waals surface area (Å²) in [6.45, 7) is 5.37. The van der Waals surface area contributed by atoms with Gasteiger partial charge in [-0.1, -0.05) is 0 Å². The molecule has 2 aromatic rings. The number of ketones is 1. The molecule has 2 aromatic carbocycles. The molecule has 1 saturated heterocycles. The second-order valence-electron chi connectivity index (χ2n) is 9.43. The van der Waals surface area contributed by atoms with Crippen LogP contribution in [0.3, 0.4) is 0 Å². The standard InChI is InChI=1S/C28H38N2O6/c1-32-23-15-20-7-6-8-21(27(31)22(20)16-24(23)33-2)18-30-11-9-29(10-12-30)17-19-13-25(34-3)28(36-5)26(14-19)35-4/h13-16,21H,6-12,17-18H2,1-5H3. The maximum Gasteiger partial charge on any atom is 0.203 e. The number of piperazine rings is 1. The van der Waals surface area contributed by atoms with Crippen LogP contribution in [0.5, 0.6) is 28.7 Å². The smallest absolute Gasteiger partial charge is 0.203 e. The lowest BCUT2D eigenvalue weighted by Crippen LogP contribution is -2.48. The van der Waals surface area contributed by atoms with Crippen molar-refractivity contribution < 1.29 is 28.5 Å². The van der Waals surface area contributed by atoms with E-state index in [1.165, 1.54) is 0 Å². The van der Waals surface area contributed by atoms with Gasteiger partial charge >= 0.3 is 0 Å². The van der Waals surface area contributed by atoms with E-state index in [0.29, 0.717) is 28.7 Å². The first-order valence-electron chi connectivity index (χ1n) is 12.5. The quantitative estimate of drug-likeness (QED) is 0.485. The molecule has 1 atom stereocenters. The van der Waals surface area contributed by atoms with E-state index in [1.807, 2.05) is 24.3 Å². The van der Waals surface area contributed by atoms with Gasteiger partial charge in [-0.3, -0.25) is 9.69 Å². The predicted octanol–water partition coefficient (Wildman–Crippen LogP) is 3.68. The minimum atomic E-state index is 0.00557. The van der Waals surface area contributed by atoms with Crippen LogP contribution >= 0.6 is 0 Å². The van der Waals surface area contributed by atoms with Crippen molar-refractivity contribution in [3.8, 4) is 28.7 Å². The Hall–Kier alpha value is -2.97. The van der Waals surface area contributed by atoms with Crippen molar-refractivity contribution in [2.75, 3.05) is 68.3 Å². The van der Waals surface area contributed by atoms with E-state index in [0.717, 1.165) is 75.2 Å². The number of hydrogen-bond donors (Lipinski definition) is 0. The van der Waals surface area contributed by atoms with Crippen molar-refractivity contribution in [3.63, 3.8) is 0 Å². The molecule has 0 spiro atoms. The molecule has 1 unspecified atom stereocenters. The van der Waals surface area contributed by atoms with Crippen molar-refractivity contribution in [2.45, 2.75) is 25.8 Å². The first-order chi connectivity index (χ1) is 17.5. The summed E-state index contributed by atoms with van der Waals surface area (Å²) in [6, 6.07) is 7.86. The van der Waals surface area contributed by atoms with Crippen LogP contribution in [0.1, 0.15) is 34.3 Å². The molecule has 0 N–H and O–H groups in total. The molecule has 1 aliphatic heterocycles. The van der Waals surface area contributed by atoms with E-state index in [4.69, 9.17) is 23.7 Å². The molecule has 0 saturated carbocycles. The van der Waals surface area contributed by atoms with Crippen molar-refractivity contribution in [1.82, 2.24) is 9.80 Å². The van der Waals surface area contributed by atoms with Crippen LogP contribution in [0, 0.1) is 5.92 Å². The summed E-state index contributed by atoms with van der Waals surface area (Å²) >= 11 is 0. The monoisotopic (exact) mass is 498 g/mol. The lowest BCUT2D eigenvalue weighted by Gasteiger charge is -2.36. The van der Waals surface area contributed by atoms with Crippen molar-refractivity contribution in [3.05, 3.63) is 41.0 Å². The predicted molar refractivity (Wildman–Crippen MR) is 138 cm³/mol. The molecule has 1 fully saturated rings. The van der Waals surface area contributed by atoms with Crippen LogP contribution in [-0.2, 0) is 13.0 Å². The van der Waals surface area contributed by atoms with E-state index >= 15 is 0 Å². The summed E-state index contributed by atoms with van der Waals surface area (Å²) in [5.41, 5.74) is 2.98. The highest BCUT2D eigenvalue weighted by atomic mass is 16.5. The number of rotatable bonds is 9. The molecule has 8 heteroatoms. The third kappa shape index (κ3) is 5.55. The average Bonchev–Trinajstić information content (AvgIpc) is 3.06. The van der Waals surface area contributed by atoms with Crippen molar-refractivity contribution >= 4 is 5.78 Å². The molecule has 36 heavy (non-hydrogen) atoms. The fraction of sp³-hybridized carbons (Fsp3) is 0.536. The number of carbonyl (C=O) groups excluding carboxylic acids is 1. The van der Waals surface area contributed by atoms with Gasteiger partial charge in [0.15, 0.2) is 28.8 Å². The lowest BCUT2D eigenvalue weighted by molar-refractivity contribution is 0.0798. The molecule has 0 bridgehead atoms. The van der Waals surface area contributed by atoms with Gasteiger partial charge in [0.05, 0.1) is 35.5 Å². The van der Waals surface area contributed by atoms with Crippen LogP contribution in [0.2, 0.25) is 0 Å². The zero-order valence-corrected chi connectivity index (χ0v) is 22.1. The molecule has 8 nitrogen and oxygen atoms in total. The number of fused-ring (bicyclic) bond motifs is 1. The molecule has 196 valence electrons.